The monoisotopic (exact) mass is 583 g/mol. The van der Waals surface area contributed by atoms with E-state index in [1.807, 2.05) is 32.6 Å². The summed E-state index contributed by atoms with van der Waals surface area (Å²) < 4.78 is 22.6. The zero-order valence-corrected chi connectivity index (χ0v) is 25.3. The van der Waals surface area contributed by atoms with Crippen LogP contribution in [0.15, 0.2) is 40.9 Å². The van der Waals surface area contributed by atoms with Crippen LogP contribution in [0.1, 0.15) is 57.8 Å². The van der Waals surface area contributed by atoms with Gasteiger partial charge in [0.25, 0.3) is 5.91 Å². The van der Waals surface area contributed by atoms with Gasteiger partial charge in [0.15, 0.2) is 22.9 Å². The quantitative estimate of drug-likeness (QED) is 0.234. The van der Waals surface area contributed by atoms with Crippen molar-refractivity contribution in [2.24, 2.45) is 0 Å². The van der Waals surface area contributed by atoms with Crippen LogP contribution in [0.5, 0.6) is 17.2 Å². The molecule has 3 N–H and O–H groups in total. The number of anilines is 1. The van der Waals surface area contributed by atoms with Crippen LogP contribution < -0.4 is 30.2 Å². The lowest BCUT2D eigenvalue weighted by Crippen LogP contribution is -2.45. The van der Waals surface area contributed by atoms with Crippen LogP contribution in [0.25, 0.3) is 11.0 Å². The Kier molecular flexibility index (Phi) is 11.4. The van der Waals surface area contributed by atoms with Gasteiger partial charge in [-0.25, -0.2) is 4.79 Å². The van der Waals surface area contributed by atoms with E-state index in [0.717, 1.165) is 12.8 Å². The van der Waals surface area contributed by atoms with Crippen molar-refractivity contribution in [3.63, 3.8) is 0 Å². The topological polar surface area (TPSA) is 144 Å². The second-order valence-corrected chi connectivity index (χ2v) is 10.3. The normalized spacial score (nSPS) is 11.7. The summed E-state index contributed by atoms with van der Waals surface area (Å²) in [6, 6.07) is 9.41. The lowest BCUT2D eigenvalue weighted by Gasteiger charge is -2.31. The molecule has 0 aliphatic rings. The Morgan fingerprint density at radius 3 is 2.26 bits per heavy atom. The smallest absolute Gasteiger partial charge is 0.315 e. The molecule has 0 aliphatic carbocycles. The average molecular weight is 584 g/mol. The molecule has 0 spiro atoms. The predicted molar refractivity (Wildman–Crippen MR) is 159 cm³/mol. The van der Waals surface area contributed by atoms with E-state index in [2.05, 4.69) is 21.1 Å². The molecule has 12 nitrogen and oxygen atoms in total. The van der Waals surface area contributed by atoms with Crippen LogP contribution in [0.4, 0.5) is 10.6 Å². The maximum atomic E-state index is 13.0. The Morgan fingerprint density at radius 1 is 0.929 bits per heavy atom. The van der Waals surface area contributed by atoms with Gasteiger partial charge in [0.05, 0.1) is 25.7 Å². The minimum absolute atomic E-state index is 0.0451. The first-order valence-electron chi connectivity index (χ1n) is 14.0. The summed E-state index contributed by atoms with van der Waals surface area (Å²) in [7, 11) is 3.02. The molecule has 0 radical (unpaired) electrons. The molecular formula is C30H41N5O7. The molecule has 42 heavy (non-hydrogen) atoms. The van der Waals surface area contributed by atoms with E-state index in [4.69, 9.17) is 18.7 Å². The summed E-state index contributed by atoms with van der Waals surface area (Å²) in [5, 5.41) is 12.1. The number of urea groups is 1. The van der Waals surface area contributed by atoms with Gasteiger partial charge in [0.1, 0.15) is 11.8 Å². The molecule has 3 rings (SSSR count). The first-order chi connectivity index (χ1) is 20.0. The molecule has 1 heterocycles. The summed E-state index contributed by atoms with van der Waals surface area (Å²) >= 11 is 0. The van der Waals surface area contributed by atoms with Gasteiger partial charge in [-0.15, -0.1) is 0 Å². The standard InChI is InChI=1S/C30H41N5O7/c1-18(2)35(19(3)4)29(37)21-10-13-24(26(16-21)39-7)41-15-9-8-14-40-22-11-12-23-25(17-22)42-34-27(23)33-28(36)20(5)32-30(38)31-6/h10-13,16-20H,8-9,14-15H2,1-7H3,(H2,31,32,38)(H,33,34,36)/t20-/m0/s1. The molecule has 0 aliphatic heterocycles. The zero-order chi connectivity index (χ0) is 30.8. The van der Waals surface area contributed by atoms with Gasteiger partial charge in [0, 0.05) is 30.8 Å². The van der Waals surface area contributed by atoms with Crippen LogP contribution >= 0.6 is 0 Å². The zero-order valence-electron chi connectivity index (χ0n) is 25.3. The van der Waals surface area contributed by atoms with Crippen LogP contribution in [-0.4, -0.2) is 73.4 Å². The van der Waals surface area contributed by atoms with Gasteiger partial charge in [0.2, 0.25) is 5.91 Å². The number of hydrogen-bond acceptors (Lipinski definition) is 8. The van der Waals surface area contributed by atoms with E-state index in [1.165, 1.54) is 7.05 Å². The fourth-order valence-electron chi connectivity index (χ4n) is 4.37. The molecule has 1 atom stereocenters. The van der Waals surface area contributed by atoms with Gasteiger partial charge in [-0.3, -0.25) is 9.59 Å². The van der Waals surface area contributed by atoms with Gasteiger partial charge < -0.3 is 39.6 Å². The Balaban J connectivity index is 1.47. The van der Waals surface area contributed by atoms with Gasteiger partial charge in [-0.05, 0) is 77.8 Å². The van der Waals surface area contributed by atoms with Crippen molar-refractivity contribution in [3.8, 4) is 17.2 Å². The van der Waals surface area contributed by atoms with Gasteiger partial charge >= 0.3 is 6.03 Å². The summed E-state index contributed by atoms with van der Waals surface area (Å²) in [5.41, 5.74) is 1.01. The minimum atomic E-state index is -0.765. The molecule has 3 aromatic rings. The van der Waals surface area contributed by atoms with E-state index in [9.17, 15) is 14.4 Å². The second-order valence-electron chi connectivity index (χ2n) is 10.3. The third-order valence-corrected chi connectivity index (χ3v) is 6.48. The average Bonchev–Trinajstić information content (AvgIpc) is 3.35. The first kappa shape index (κ1) is 32.0. The lowest BCUT2D eigenvalue weighted by molar-refractivity contribution is -0.117. The predicted octanol–water partition coefficient (Wildman–Crippen LogP) is 4.59. The van der Waals surface area contributed by atoms with Crippen molar-refractivity contribution >= 4 is 34.6 Å². The van der Waals surface area contributed by atoms with Crippen molar-refractivity contribution in [2.75, 3.05) is 32.7 Å². The third-order valence-electron chi connectivity index (χ3n) is 6.48. The molecule has 1 aromatic heterocycles. The molecule has 0 unspecified atom stereocenters. The van der Waals surface area contributed by atoms with Crippen LogP contribution in [-0.2, 0) is 4.79 Å². The van der Waals surface area contributed by atoms with Crippen LogP contribution in [0, 0.1) is 0 Å². The Labute approximate surface area is 246 Å². The van der Waals surface area contributed by atoms with E-state index in [-0.39, 0.29) is 23.8 Å². The maximum absolute atomic E-state index is 13.0. The van der Waals surface area contributed by atoms with E-state index >= 15 is 0 Å². The van der Waals surface area contributed by atoms with Gasteiger partial charge in [-0.1, -0.05) is 5.16 Å². The van der Waals surface area contributed by atoms with Crippen molar-refractivity contribution < 1.29 is 33.1 Å². The van der Waals surface area contributed by atoms with Crippen molar-refractivity contribution in [1.29, 1.82) is 0 Å². The Bertz CT molecular complexity index is 1360. The fraction of sp³-hybridized carbons (Fsp3) is 0.467. The summed E-state index contributed by atoms with van der Waals surface area (Å²) in [6.07, 6.45) is 1.48. The van der Waals surface area contributed by atoms with E-state index in [0.29, 0.717) is 47.0 Å². The fourth-order valence-corrected chi connectivity index (χ4v) is 4.37. The number of unbranched alkanes of at least 4 members (excludes halogenated alkanes) is 1. The SMILES string of the molecule is CNC(=O)N[C@@H](C)C(=O)Nc1noc2cc(OCCCCOc3ccc(C(=O)N(C(C)C)C(C)C)cc3OC)ccc12. The number of carbonyl (C=O) groups excluding carboxylic acids is 3. The number of nitrogens with zero attached hydrogens (tertiary/aromatic N) is 2. The first-order valence-corrected chi connectivity index (χ1v) is 14.0. The number of benzene rings is 2. The number of hydrogen-bond donors (Lipinski definition) is 3. The Hall–Kier alpha value is -4.48. The molecule has 0 fully saturated rings. The number of methoxy groups -OCH3 is 1. The summed E-state index contributed by atoms with van der Waals surface area (Å²) in [5.74, 6) is 1.48. The Morgan fingerprint density at radius 2 is 1.62 bits per heavy atom. The highest BCUT2D eigenvalue weighted by atomic mass is 16.5. The molecule has 0 saturated carbocycles. The number of nitrogens with one attached hydrogen (secondary N) is 3. The molecule has 2 aromatic carbocycles. The number of ether oxygens (including phenoxy) is 3. The number of aromatic nitrogens is 1. The number of rotatable bonds is 14. The molecule has 4 amide bonds. The maximum Gasteiger partial charge on any atom is 0.315 e. The molecule has 228 valence electrons. The highest BCUT2D eigenvalue weighted by Gasteiger charge is 2.23. The lowest BCUT2D eigenvalue weighted by atomic mass is 10.1. The van der Waals surface area contributed by atoms with Crippen molar-refractivity contribution in [2.45, 2.75) is 65.6 Å². The third kappa shape index (κ3) is 8.27. The second kappa shape index (κ2) is 14.9. The molecular weight excluding hydrogens is 542 g/mol. The molecule has 12 heteroatoms. The minimum Gasteiger partial charge on any atom is -0.493 e. The highest BCUT2D eigenvalue weighted by molar-refractivity contribution is 6.02. The van der Waals surface area contributed by atoms with Crippen molar-refractivity contribution in [3.05, 3.63) is 42.0 Å². The highest BCUT2D eigenvalue weighted by Crippen LogP contribution is 2.30. The largest absolute Gasteiger partial charge is 0.493 e. The number of amides is 4. The van der Waals surface area contributed by atoms with E-state index in [1.54, 1.807) is 50.4 Å². The van der Waals surface area contributed by atoms with Crippen LogP contribution in [0.2, 0.25) is 0 Å². The summed E-state index contributed by atoms with van der Waals surface area (Å²) in [4.78, 5) is 38.6. The van der Waals surface area contributed by atoms with E-state index < -0.39 is 18.0 Å². The molecule has 0 saturated heterocycles. The summed E-state index contributed by atoms with van der Waals surface area (Å²) in [6.45, 7) is 10.5. The van der Waals surface area contributed by atoms with Crippen LogP contribution in [0.3, 0.4) is 0 Å². The van der Waals surface area contributed by atoms with Crippen molar-refractivity contribution in [1.82, 2.24) is 20.7 Å². The number of fused-ring (bicyclic) bond motifs is 1. The van der Waals surface area contributed by atoms with Gasteiger partial charge in [-0.2, -0.15) is 0 Å². The molecule has 0 bridgehead atoms. The number of carbonyl (C=O) groups is 3.